The van der Waals surface area contributed by atoms with Crippen LogP contribution in [0.2, 0.25) is 0 Å². The van der Waals surface area contributed by atoms with Crippen LogP contribution >= 0.6 is 0 Å². The highest BCUT2D eigenvalue weighted by molar-refractivity contribution is 5.01. The van der Waals surface area contributed by atoms with Crippen molar-refractivity contribution in [1.29, 1.82) is 0 Å². The van der Waals surface area contributed by atoms with Gasteiger partial charge in [-0.3, -0.25) is 0 Å². The monoisotopic (exact) mass is 210 g/mol. The van der Waals surface area contributed by atoms with Crippen LogP contribution in [-0.4, -0.2) is 24.9 Å². The van der Waals surface area contributed by atoms with Gasteiger partial charge in [0, 0.05) is 12.6 Å². The summed E-state index contributed by atoms with van der Waals surface area (Å²) in [7, 11) is 0. The van der Waals surface area contributed by atoms with Crippen molar-refractivity contribution in [2.75, 3.05) is 19.7 Å². The molecule has 1 unspecified atom stereocenters. The van der Waals surface area contributed by atoms with Gasteiger partial charge in [0.1, 0.15) is 6.61 Å². The number of hydrogen-bond donors (Lipinski definition) is 1. The van der Waals surface area contributed by atoms with Crippen molar-refractivity contribution < 1.29 is 9.26 Å². The first-order chi connectivity index (χ1) is 7.34. The largest absolute Gasteiger partial charge is 0.373 e. The maximum atomic E-state index is 5.60. The summed E-state index contributed by atoms with van der Waals surface area (Å²) in [5.74, 6) is 1.47. The van der Waals surface area contributed by atoms with Gasteiger partial charge in [0.25, 0.3) is 0 Å². The number of ether oxygens (including phenoxy) is 1. The Bertz CT molecular complexity index is 293. The third-order valence-electron chi connectivity index (χ3n) is 2.67. The van der Waals surface area contributed by atoms with E-state index < -0.39 is 0 Å². The molecule has 4 nitrogen and oxygen atoms in total. The molecule has 1 fully saturated rings. The van der Waals surface area contributed by atoms with E-state index in [2.05, 4.69) is 10.5 Å². The van der Waals surface area contributed by atoms with Crippen molar-refractivity contribution in [3.8, 4) is 0 Å². The molecule has 1 aromatic heterocycles. The third kappa shape index (κ3) is 3.32. The first-order valence-electron chi connectivity index (χ1n) is 5.55. The summed E-state index contributed by atoms with van der Waals surface area (Å²) in [5.41, 5.74) is 0.910. The van der Waals surface area contributed by atoms with Crippen LogP contribution < -0.4 is 5.32 Å². The zero-order valence-corrected chi connectivity index (χ0v) is 9.16. The standard InChI is InChI=1S/C11H18N2O2/c1-9-5-11(15-13-9)8-14-7-10-3-2-4-12-6-10/h5,10,12H,2-4,6-8H2,1H3. The summed E-state index contributed by atoms with van der Waals surface area (Å²) in [5, 5.41) is 7.19. The van der Waals surface area contributed by atoms with Crippen LogP contribution in [0.4, 0.5) is 0 Å². The van der Waals surface area contributed by atoms with Gasteiger partial charge in [0.2, 0.25) is 0 Å². The van der Waals surface area contributed by atoms with Crippen LogP contribution in [-0.2, 0) is 11.3 Å². The Hall–Kier alpha value is -0.870. The molecule has 1 atom stereocenters. The van der Waals surface area contributed by atoms with Crippen molar-refractivity contribution in [3.05, 3.63) is 17.5 Å². The van der Waals surface area contributed by atoms with E-state index in [1.165, 1.54) is 12.8 Å². The van der Waals surface area contributed by atoms with Crippen molar-refractivity contribution in [2.45, 2.75) is 26.4 Å². The van der Waals surface area contributed by atoms with Gasteiger partial charge in [-0.2, -0.15) is 0 Å². The fourth-order valence-corrected chi connectivity index (χ4v) is 1.88. The topological polar surface area (TPSA) is 47.3 Å². The highest BCUT2D eigenvalue weighted by atomic mass is 16.5. The van der Waals surface area contributed by atoms with E-state index in [4.69, 9.17) is 9.26 Å². The van der Waals surface area contributed by atoms with E-state index in [-0.39, 0.29) is 0 Å². The number of rotatable bonds is 4. The molecule has 0 bridgehead atoms. The van der Waals surface area contributed by atoms with Gasteiger partial charge in [0.15, 0.2) is 5.76 Å². The molecule has 1 saturated heterocycles. The van der Waals surface area contributed by atoms with Crippen molar-refractivity contribution in [3.63, 3.8) is 0 Å². The zero-order chi connectivity index (χ0) is 10.5. The van der Waals surface area contributed by atoms with Crippen molar-refractivity contribution in [1.82, 2.24) is 10.5 Å². The van der Waals surface area contributed by atoms with Crippen LogP contribution in [0.1, 0.15) is 24.3 Å². The predicted molar refractivity (Wildman–Crippen MR) is 56.5 cm³/mol. The molecule has 0 radical (unpaired) electrons. The lowest BCUT2D eigenvalue weighted by molar-refractivity contribution is 0.0645. The first kappa shape index (κ1) is 10.6. The molecule has 15 heavy (non-hydrogen) atoms. The lowest BCUT2D eigenvalue weighted by atomic mass is 10.0. The molecule has 0 amide bonds. The van der Waals surface area contributed by atoms with Crippen LogP contribution in [0.25, 0.3) is 0 Å². The van der Waals surface area contributed by atoms with Crippen LogP contribution in [0.15, 0.2) is 10.6 Å². The maximum absolute atomic E-state index is 5.60. The fourth-order valence-electron chi connectivity index (χ4n) is 1.88. The number of hydrogen-bond acceptors (Lipinski definition) is 4. The Morgan fingerprint density at radius 2 is 2.60 bits per heavy atom. The lowest BCUT2D eigenvalue weighted by Gasteiger charge is -2.22. The molecule has 1 aliphatic heterocycles. The van der Waals surface area contributed by atoms with E-state index in [0.29, 0.717) is 12.5 Å². The Morgan fingerprint density at radius 3 is 3.27 bits per heavy atom. The average molecular weight is 210 g/mol. The van der Waals surface area contributed by atoms with E-state index in [1.54, 1.807) is 0 Å². The van der Waals surface area contributed by atoms with E-state index in [9.17, 15) is 0 Å². The summed E-state index contributed by atoms with van der Waals surface area (Å²) >= 11 is 0. The normalized spacial score (nSPS) is 21.8. The number of piperidine rings is 1. The van der Waals surface area contributed by atoms with Crippen LogP contribution in [0, 0.1) is 12.8 Å². The summed E-state index contributed by atoms with van der Waals surface area (Å²) in [4.78, 5) is 0. The van der Waals surface area contributed by atoms with Crippen LogP contribution in [0.5, 0.6) is 0 Å². The molecule has 0 aromatic carbocycles. The third-order valence-corrected chi connectivity index (χ3v) is 2.67. The first-order valence-corrected chi connectivity index (χ1v) is 5.55. The minimum atomic E-state index is 0.539. The molecule has 1 N–H and O–H groups in total. The second-order valence-electron chi connectivity index (χ2n) is 4.16. The zero-order valence-electron chi connectivity index (χ0n) is 9.16. The Kier molecular flexibility index (Phi) is 3.75. The Labute approximate surface area is 90.0 Å². The molecule has 0 spiro atoms. The lowest BCUT2D eigenvalue weighted by Crippen LogP contribution is -2.32. The van der Waals surface area contributed by atoms with E-state index >= 15 is 0 Å². The highest BCUT2D eigenvalue weighted by Gasteiger charge is 2.13. The maximum Gasteiger partial charge on any atom is 0.162 e. The molecule has 1 aromatic rings. The van der Waals surface area contributed by atoms with Gasteiger partial charge in [-0.25, -0.2) is 0 Å². The van der Waals surface area contributed by atoms with Gasteiger partial charge in [-0.05, 0) is 32.2 Å². The number of aromatic nitrogens is 1. The minimum Gasteiger partial charge on any atom is -0.373 e. The molecular weight excluding hydrogens is 192 g/mol. The fraction of sp³-hybridized carbons (Fsp3) is 0.727. The van der Waals surface area contributed by atoms with Gasteiger partial charge >= 0.3 is 0 Å². The number of nitrogens with zero attached hydrogens (tertiary/aromatic N) is 1. The minimum absolute atomic E-state index is 0.539. The Balaban J connectivity index is 1.65. The number of aryl methyl sites for hydroxylation is 1. The summed E-state index contributed by atoms with van der Waals surface area (Å²) in [6, 6.07) is 1.92. The molecule has 84 valence electrons. The summed E-state index contributed by atoms with van der Waals surface area (Å²) in [6.07, 6.45) is 2.53. The molecule has 1 aliphatic rings. The summed E-state index contributed by atoms with van der Waals surface area (Å²) in [6.45, 7) is 5.50. The molecule has 2 heterocycles. The second-order valence-corrected chi connectivity index (χ2v) is 4.16. The van der Waals surface area contributed by atoms with Gasteiger partial charge < -0.3 is 14.6 Å². The SMILES string of the molecule is Cc1cc(COCC2CCCNC2)on1. The van der Waals surface area contributed by atoms with Crippen molar-refractivity contribution >= 4 is 0 Å². The average Bonchev–Trinajstić information content (AvgIpc) is 2.66. The van der Waals surface area contributed by atoms with E-state index in [0.717, 1.165) is 31.2 Å². The molecule has 0 saturated carbocycles. The number of nitrogens with one attached hydrogen (secondary N) is 1. The quantitative estimate of drug-likeness (QED) is 0.818. The van der Waals surface area contributed by atoms with Gasteiger partial charge in [-0.1, -0.05) is 5.16 Å². The van der Waals surface area contributed by atoms with E-state index in [1.807, 2.05) is 13.0 Å². The summed E-state index contributed by atoms with van der Waals surface area (Å²) < 4.78 is 10.7. The smallest absolute Gasteiger partial charge is 0.162 e. The highest BCUT2D eigenvalue weighted by Crippen LogP contribution is 2.11. The predicted octanol–water partition coefficient (Wildman–Crippen LogP) is 1.50. The molecule has 4 heteroatoms. The molecular formula is C11H18N2O2. The molecule has 2 rings (SSSR count). The second kappa shape index (κ2) is 5.28. The van der Waals surface area contributed by atoms with Crippen molar-refractivity contribution in [2.24, 2.45) is 5.92 Å². The van der Waals surface area contributed by atoms with Crippen LogP contribution in [0.3, 0.4) is 0 Å². The van der Waals surface area contributed by atoms with Gasteiger partial charge in [0.05, 0.1) is 12.3 Å². The Morgan fingerprint density at radius 1 is 1.67 bits per heavy atom. The van der Waals surface area contributed by atoms with Gasteiger partial charge in [-0.15, -0.1) is 0 Å². The molecule has 0 aliphatic carbocycles.